The molecule has 92 valence electrons. The number of fused-ring (bicyclic) bond motifs is 3. The van der Waals surface area contributed by atoms with Crippen LogP contribution in [0.4, 0.5) is 0 Å². The first kappa shape index (κ1) is 11.3. The van der Waals surface area contributed by atoms with E-state index in [0.29, 0.717) is 18.9 Å². The van der Waals surface area contributed by atoms with Gasteiger partial charge in [0.25, 0.3) is 0 Å². The Labute approximate surface area is 108 Å². The summed E-state index contributed by atoms with van der Waals surface area (Å²) in [6.45, 7) is 1.04. The van der Waals surface area contributed by atoms with Crippen LogP contribution in [0.25, 0.3) is 20.2 Å². The fourth-order valence-electron chi connectivity index (χ4n) is 2.01. The Morgan fingerprint density at radius 2 is 1.78 bits per heavy atom. The highest BCUT2D eigenvalue weighted by Crippen LogP contribution is 2.37. The van der Waals surface area contributed by atoms with Gasteiger partial charge in [0.2, 0.25) is 0 Å². The molecule has 0 radical (unpaired) electrons. The van der Waals surface area contributed by atoms with E-state index in [2.05, 4.69) is 6.07 Å². The number of ether oxygens (including phenoxy) is 1. The Hall–Kier alpha value is -1.78. The predicted molar refractivity (Wildman–Crippen MR) is 75.5 cm³/mol. The van der Waals surface area contributed by atoms with Crippen LogP contribution in [0.5, 0.6) is 11.5 Å². The summed E-state index contributed by atoms with van der Waals surface area (Å²) < 4.78 is 7.76. The van der Waals surface area contributed by atoms with Gasteiger partial charge in [-0.3, -0.25) is 0 Å². The molecule has 0 spiro atoms. The van der Waals surface area contributed by atoms with Crippen molar-refractivity contribution in [2.45, 2.75) is 0 Å². The normalized spacial score (nSPS) is 11.2. The molecule has 0 aliphatic heterocycles. The molecular formula is C14H13NO2S. The molecule has 1 aromatic heterocycles. The molecule has 18 heavy (non-hydrogen) atoms. The molecule has 3 rings (SSSR count). The largest absolute Gasteiger partial charge is 0.508 e. The number of hydrogen-bond donors (Lipinski definition) is 2. The van der Waals surface area contributed by atoms with E-state index < -0.39 is 0 Å². The number of thiophene rings is 1. The molecule has 1 heterocycles. The van der Waals surface area contributed by atoms with Crippen LogP contribution in [0.15, 0.2) is 36.4 Å². The minimum atomic E-state index is 0.300. The van der Waals surface area contributed by atoms with Crippen molar-refractivity contribution in [3.8, 4) is 11.5 Å². The lowest BCUT2D eigenvalue weighted by molar-refractivity contribution is 0.329. The molecule has 0 saturated heterocycles. The lowest BCUT2D eigenvalue weighted by atomic mass is 10.1. The van der Waals surface area contributed by atoms with Crippen LogP contribution in [0.3, 0.4) is 0 Å². The molecular weight excluding hydrogens is 246 g/mol. The first-order valence-electron chi connectivity index (χ1n) is 5.76. The number of rotatable bonds is 3. The van der Waals surface area contributed by atoms with E-state index in [1.165, 1.54) is 5.39 Å². The second-order valence-electron chi connectivity index (χ2n) is 4.08. The van der Waals surface area contributed by atoms with Crippen LogP contribution < -0.4 is 10.5 Å². The van der Waals surface area contributed by atoms with Gasteiger partial charge in [-0.1, -0.05) is 0 Å². The molecule has 0 fully saturated rings. The van der Waals surface area contributed by atoms with Crippen LogP contribution in [0, 0.1) is 0 Å². The van der Waals surface area contributed by atoms with Gasteiger partial charge in [0.05, 0.1) is 0 Å². The summed E-state index contributed by atoms with van der Waals surface area (Å²) in [6.07, 6.45) is 0. The number of phenolic OH excluding ortho intramolecular Hbond substituents is 1. The van der Waals surface area contributed by atoms with E-state index in [-0.39, 0.29) is 0 Å². The average Bonchev–Trinajstić information content (AvgIpc) is 2.72. The van der Waals surface area contributed by atoms with Crippen molar-refractivity contribution < 1.29 is 9.84 Å². The van der Waals surface area contributed by atoms with Gasteiger partial charge in [-0.25, -0.2) is 0 Å². The highest BCUT2D eigenvalue weighted by atomic mass is 32.1. The Morgan fingerprint density at radius 1 is 1.06 bits per heavy atom. The number of aromatic hydroxyl groups is 1. The van der Waals surface area contributed by atoms with E-state index in [1.807, 2.05) is 18.2 Å². The first-order valence-corrected chi connectivity index (χ1v) is 6.58. The minimum absolute atomic E-state index is 0.300. The average molecular weight is 259 g/mol. The SMILES string of the molecule is NCCOc1ccc2c(c1)sc1cc(O)ccc12. The van der Waals surface area contributed by atoms with E-state index in [1.54, 1.807) is 23.5 Å². The second-order valence-corrected chi connectivity index (χ2v) is 5.16. The van der Waals surface area contributed by atoms with Crippen LogP contribution in [0.2, 0.25) is 0 Å². The van der Waals surface area contributed by atoms with Gasteiger partial charge in [0, 0.05) is 26.7 Å². The fourth-order valence-corrected chi connectivity index (χ4v) is 3.18. The van der Waals surface area contributed by atoms with Gasteiger partial charge in [-0.2, -0.15) is 0 Å². The smallest absolute Gasteiger partial charge is 0.120 e. The predicted octanol–water partition coefficient (Wildman–Crippen LogP) is 3.10. The molecule has 0 aliphatic rings. The van der Waals surface area contributed by atoms with Gasteiger partial charge in [0.1, 0.15) is 18.1 Å². The summed E-state index contributed by atoms with van der Waals surface area (Å²) in [5, 5.41) is 11.8. The van der Waals surface area contributed by atoms with Crippen molar-refractivity contribution in [1.29, 1.82) is 0 Å². The summed E-state index contributed by atoms with van der Waals surface area (Å²) >= 11 is 1.65. The van der Waals surface area contributed by atoms with Crippen molar-refractivity contribution in [2.75, 3.05) is 13.2 Å². The highest BCUT2D eigenvalue weighted by Gasteiger charge is 2.06. The van der Waals surface area contributed by atoms with Crippen molar-refractivity contribution in [3.63, 3.8) is 0 Å². The van der Waals surface area contributed by atoms with Crippen molar-refractivity contribution in [1.82, 2.24) is 0 Å². The number of nitrogens with two attached hydrogens (primary N) is 1. The van der Waals surface area contributed by atoms with E-state index in [0.717, 1.165) is 20.5 Å². The molecule has 0 bridgehead atoms. The third kappa shape index (κ3) is 1.89. The lowest BCUT2D eigenvalue weighted by Crippen LogP contribution is -2.10. The maximum atomic E-state index is 9.49. The first-order chi connectivity index (χ1) is 8.78. The Bertz CT molecular complexity index is 705. The van der Waals surface area contributed by atoms with Gasteiger partial charge >= 0.3 is 0 Å². The van der Waals surface area contributed by atoms with Gasteiger partial charge in [-0.05, 0) is 36.4 Å². The van der Waals surface area contributed by atoms with E-state index >= 15 is 0 Å². The summed E-state index contributed by atoms with van der Waals surface area (Å²) in [7, 11) is 0. The second kappa shape index (κ2) is 4.48. The molecule has 0 amide bonds. The highest BCUT2D eigenvalue weighted by molar-refractivity contribution is 7.25. The maximum Gasteiger partial charge on any atom is 0.120 e. The number of phenols is 1. The lowest BCUT2D eigenvalue weighted by Gasteiger charge is -2.03. The third-order valence-electron chi connectivity index (χ3n) is 2.81. The molecule has 0 atom stereocenters. The molecule has 3 nitrogen and oxygen atoms in total. The van der Waals surface area contributed by atoms with Crippen molar-refractivity contribution in [2.24, 2.45) is 5.73 Å². The molecule has 0 aliphatic carbocycles. The summed E-state index contributed by atoms with van der Waals surface area (Å²) in [6, 6.07) is 11.5. The van der Waals surface area contributed by atoms with Gasteiger partial charge in [-0.15, -0.1) is 11.3 Å². The molecule has 2 aromatic carbocycles. The van der Waals surface area contributed by atoms with E-state index in [9.17, 15) is 5.11 Å². The zero-order chi connectivity index (χ0) is 12.5. The Morgan fingerprint density at radius 3 is 2.56 bits per heavy atom. The number of hydrogen-bond acceptors (Lipinski definition) is 4. The van der Waals surface area contributed by atoms with Crippen LogP contribution in [-0.4, -0.2) is 18.3 Å². The van der Waals surface area contributed by atoms with Crippen molar-refractivity contribution in [3.05, 3.63) is 36.4 Å². The molecule has 3 N–H and O–H groups in total. The quantitative estimate of drug-likeness (QED) is 0.760. The molecule has 3 aromatic rings. The monoisotopic (exact) mass is 259 g/mol. The third-order valence-corrected chi connectivity index (χ3v) is 3.93. The zero-order valence-corrected chi connectivity index (χ0v) is 10.5. The zero-order valence-electron chi connectivity index (χ0n) is 9.72. The van der Waals surface area contributed by atoms with E-state index in [4.69, 9.17) is 10.5 Å². The van der Waals surface area contributed by atoms with Gasteiger partial charge < -0.3 is 15.6 Å². The molecule has 0 saturated carbocycles. The summed E-state index contributed by atoms with van der Waals surface area (Å²) in [4.78, 5) is 0. The Kier molecular flexibility index (Phi) is 2.81. The molecule has 0 unspecified atom stereocenters. The summed E-state index contributed by atoms with van der Waals surface area (Å²) in [5.74, 6) is 1.14. The van der Waals surface area contributed by atoms with Crippen molar-refractivity contribution >= 4 is 31.5 Å². The summed E-state index contributed by atoms with van der Waals surface area (Å²) in [5.41, 5.74) is 5.42. The Balaban J connectivity index is 2.14. The van der Waals surface area contributed by atoms with Gasteiger partial charge in [0.15, 0.2) is 0 Å². The van der Waals surface area contributed by atoms with Crippen LogP contribution >= 0.6 is 11.3 Å². The maximum absolute atomic E-state index is 9.49. The number of benzene rings is 2. The minimum Gasteiger partial charge on any atom is -0.508 e. The van der Waals surface area contributed by atoms with Crippen LogP contribution in [-0.2, 0) is 0 Å². The topological polar surface area (TPSA) is 55.5 Å². The van der Waals surface area contributed by atoms with Crippen LogP contribution in [0.1, 0.15) is 0 Å². The fraction of sp³-hybridized carbons (Fsp3) is 0.143. The standard InChI is InChI=1S/C14H13NO2S/c15-5-6-17-10-2-4-12-11-3-1-9(16)7-13(11)18-14(12)8-10/h1-4,7-8,16H,5-6,15H2. The molecule has 4 heteroatoms.